The third-order valence-electron chi connectivity index (χ3n) is 3.69. The second-order valence-corrected chi connectivity index (χ2v) is 4.63. The minimum absolute atomic E-state index is 0.0435. The smallest absolute Gasteiger partial charge is 0.310 e. The van der Waals surface area contributed by atoms with Gasteiger partial charge in [0, 0.05) is 18.8 Å². The van der Waals surface area contributed by atoms with Gasteiger partial charge in [0.25, 0.3) is 0 Å². The largest absolute Gasteiger partial charge is 0.458 e. The molecule has 1 saturated heterocycles. The SMILES string of the molecule is C=CCC1(CC=C)OC(=O)[C@@H]2CC=CC[C@@H]21. The summed E-state index contributed by atoms with van der Waals surface area (Å²) in [6.45, 7) is 7.54. The molecule has 2 heteroatoms. The number of cyclic esters (lactones) is 1. The Bertz CT molecular complexity index is 331. The van der Waals surface area contributed by atoms with Gasteiger partial charge in [0.05, 0.1) is 5.92 Å². The van der Waals surface area contributed by atoms with Crippen LogP contribution in [0.5, 0.6) is 0 Å². The van der Waals surface area contributed by atoms with Gasteiger partial charge in [-0.25, -0.2) is 0 Å². The first kappa shape index (κ1) is 11.2. The van der Waals surface area contributed by atoms with Crippen LogP contribution < -0.4 is 0 Å². The minimum atomic E-state index is -0.379. The van der Waals surface area contributed by atoms with Gasteiger partial charge >= 0.3 is 5.97 Å². The number of hydrogen-bond donors (Lipinski definition) is 0. The first-order valence-electron chi connectivity index (χ1n) is 5.83. The summed E-state index contributed by atoms with van der Waals surface area (Å²) in [6, 6.07) is 0. The van der Waals surface area contributed by atoms with Crippen LogP contribution in [0.1, 0.15) is 25.7 Å². The zero-order chi connectivity index (χ0) is 11.6. The topological polar surface area (TPSA) is 26.3 Å². The fourth-order valence-corrected chi connectivity index (χ4v) is 2.97. The summed E-state index contributed by atoms with van der Waals surface area (Å²) in [6.07, 6.45) is 11.1. The van der Waals surface area contributed by atoms with Gasteiger partial charge in [0.2, 0.25) is 0 Å². The molecular formula is C14H18O2. The van der Waals surface area contributed by atoms with Gasteiger partial charge in [-0.15, -0.1) is 13.2 Å². The highest BCUT2D eigenvalue weighted by Crippen LogP contribution is 2.47. The van der Waals surface area contributed by atoms with Crippen molar-refractivity contribution in [3.63, 3.8) is 0 Å². The van der Waals surface area contributed by atoms with Crippen LogP contribution in [-0.4, -0.2) is 11.6 Å². The van der Waals surface area contributed by atoms with E-state index in [9.17, 15) is 4.79 Å². The van der Waals surface area contributed by atoms with Crippen LogP contribution in [0.2, 0.25) is 0 Å². The summed E-state index contributed by atoms with van der Waals surface area (Å²) in [7, 11) is 0. The lowest BCUT2D eigenvalue weighted by Crippen LogP contribution is -2.36. The molecule has 0 radical (unpaired) electrons. The molecular weight excluding hydrogens is 200 g/mol. The van der Waals surface area contributed by atoms with Gasteiger partial charge in [0.1, 0.15) is 5.60 Å². The normalized spacial score (nSPS) is 30.6. The van der Waals surface area contributed by atoms with E-state index in [2.05, 4.69) is 25.3 Å². The van der Waals surface area contributed by atoms with Gasteiger partial charge in [-0.2, -0.15) is 0 Å². The third kappa shape index (κ3) is 1.62. The first-order chi connectivity index (χ1) is 7.73. The van der Waals surface area contributed by atoms with Crippen LogP contribution >= 0.6 is 0 Å². The summed E-state index contributed by atoms with van der Waals surface area (Å²) in [5.74, 6) is 0.295. The fraction of sp³-hybridized carbons (Fsp3) is 0.500. The molecule has 16 heavy (non-hydrogen) atoms. The molecule has 2 nitrogen and oxygen atoms in total. The molecule has 0 unspecified atom stereocenters. The van der Waals surface area contributed by atoms with Crippen LogP contribution in [0, 0.1) is 11.8 Å². The van der Waals surface area contributed by atoms with Gasteiger partial charge in [-0.3, -0.25) is 4.79 Å². The maximum absolute atomic E-state index is 11.8. The molecule has 1 heterocycles. The molecule has 0 spiro atoms. The zero-order valence-corrected chi connectivity index (χ0v) is 9.52. The second-order valence-electron chi connectivity index (χ2n) is 4.63. The number of rotatable bonds is 4. The molecule has 2 rings (SSSR count). The maximum atomic E-state index is 11.8. The predicted octanol–water partition coefficient (Wildman–Crippen LogP) is 3.02. The monoisotopic (exact) mass is 218 g/mol. The maximum Gasteiger partial charge on any atom is 0.310 e. The van der Waals surface area contributed by atoms with Crippen LogP contribution in [0.25, 0.3) is 0 Å². The van der Waals surface area contributed by atoms with E-state index >= 15 is 0 Å². The van der Waals surface area contributed by atoms with E-state index in [-0.39, 0.29) is 17.5 Å². The van der Waals surface area contributed by atoms with Crippen molar-refractivity contribution in [1.29, 1.82) is 0 Å². The highest BCUT2D eigenvalue weighted by Gasteiger charge is 2.53. The molecule has 2 atom stereocenters. The Morgan fingerprint density at radius 3 is 2.56 bits per heavy atom. The van der Waals surface area contributed by atoms with Crippen molar-refractivity contribution in [3.8, 4) is 0 Å². The van der Waals surface area contributed by atoms with Gasteiger partial charge in [0.15, 0.2) is 0 Å². The van der Waals surface area contributed by atoms with Crippen LogP contribution in [0.4, 0.5) is 0 Å². The lowest BCUT2D eigenvalue weighted by atomic mass is 9.72. The van der Waals surface area contributed by atoms with Crippen LogP contribution in [0.3, 0.4) is 0 Å². The highest BCUT2D eigenvalue weighted by molar-refractivity contribution is 5.76. The lowest BCUT2D eigenvalue weighted by molar-refractivity contribution is -0.150. The molecule has 2 aliphatic rings. The number of carbonyl (C=O) groups excluding carboxylic acids is 1. The number of ether oxygens (including phenoxy) is 1. The zero-order valence-electron chi connectivity index (χ0n) is 9.52. The molecule has 0 bridgehead atoms. The predicted molar refractivity (Wildman–Crippen MR) is 63.8 cm³/mol. The van der Waals surface area contributed by atoms with Crippen molar-refractivity contribution < 1.29 is 9.53 Å². The molecule has 0 aromatic rings. The number of fused-ring (bicyclic) bond motifs is 1. The molecule has 0 amide bonds. The quantitative estimate of drug-likeness (QED) is 0.535. The molecule has 86 valence electrons. The number of allylic oxidation sites excluding steroid dienone is 2. The highest BCUT2D eigenvalue weighted by atomic mass is 16.6. The van der Waals surface area contributed by atoms with E-state index in [1.807, 2.05) is 12.2 Å². The van der Waals surface area contributed by atoms with Crippen molar-refractivity contribution in [2.24, 2.45) is 11.8 Å². The minimum Gasteiger partial charge on any atom is -0.458 e. The van der Waals surface area contributed by atoms with E-state index < -0.39 is 0 Å². The summed E-state index contributed by atoms with van der Waals surface area (Å²) in [4.78, 5) is 11.8. The van der Waals surface area contributed by atoms with E-state index in [0.29, 0.717) is 5.92 Å². The van der Waals surface area contributed by atoms with Crippen LogP contribution in [-0.2, 0) is 9.53 Å². The second kappa shape index (κ2) is 4.28. The lowest BCUT2D eigenvalue weighted by Gasteiger charge is -2.33. The molecule has 0 saturated carbocycles. The average molecular weight is 218 g/mol. The summed E-state index contributed by atoms with van der Waals surface area (Å²) in [5.41, 5.74) is -0.379. The molecule has 0 aromatic carbocycles. The Morgan fingerprint density at radius 2 is 1.94 bits per heavy atom. The average Bonchev–Trinajstić information content (AvgIpc) is 2.55. The summed E-state index contributed by atoms with van der Waals surface area (Å²) >= 11 is 0. The third-order valence-corrected chi connectivity index (χ3v) is 3.69. The number of carbonyl (C=O) groups is 1. The fourth-order valence-electron chi connectivity index (χ4n) is 2.97. The van der Waals surface area contributed by atoms with Crippen molar-refractivity contribution >= 4 is 5.97 Å². The van der Waals surface area contributed by atoms with Gasteiger partial charge in [-0.05, 0) is 12.8 Å². The van der Waals surface area contributed by atoms with Gasteiger partial charge < -0.3 is 4.74 Å². The van der Waals surface area contributed by atoms with E-state index in [1.165, 1.54) is 0 Å². The molecule has 0 N–H and O–H groups in total. The molecule has 0 aromatic heterocycles. The van der Waals surface area contributed by atoms with E-state index in [4.69, 9.17) is 4.74 Å². The number of hydrogen-bond acceptors (Lipinski definition) is 2. The Kier molecular flexibility index (Phi) is 2.99. The molecule has 1 aliphatic heterocycles. The Labute approximate surface area is 96.7 Å². The molecule has 1 aliphatic carbocycles. The van der Waals surface area contributed by atoms with Crippen molar-refractivity contribution in [3.05, 3.63) is 37.5 Å². The van der Waals surface area contributed by atoms with E-state index in [1.54, 1.807) is 0 Å². The number of esters is 1. The Balaban J connectivity index is 2.30. The van der Waals surface area contributed by atoms with E-state index in [0.717, 1.165) is 25.7 Å². The molecule has 1 fully saturated rings. The van der Waals surface area contributed by atoms with Crippen molar-refractivity contribution in [2.45, 2.75) is 31.3 Å². The van der Waals surface area contributed by atoms with Crippen molar-refractivity contribution in [1.82, 2.24) is 0 Å². The summed E-state index contributed by atoms with van der Waals surface area (Å²) < 4.78 is 5.66. The van der Waals surface area contributed by atoms with Gasteiger partial charge in [-0.1, -0.05) is 24.3 Å². The van der Waals surface area contributed by atoms with Crippen LogP contribution in [0.15, 0.2) is 37.5 Å². The Morgan fingerprint density at radius 1 is 1.31 bits per heavy atom. The van der Waals surface area contributed by atoms with Crippen molar-refractivity contribution in [2.75, 3.05) is 0 Å². The Hall–Kier alpha value is -1.31. The standard InChI is InChI=1S/C14H18O2/c1-3-9-14(10-4-2)12-8-6-5-7-11(12)13(15)16-14/h3-6,11-12H,1-2,7-10H2/t11-,12+/m1/s1. The summed E-state index contributed by atoms with van der Waals surface area (Å²) in [5, 5.41) is 0. The first-order valence-corrected chi connectivity index (χ1v) is 5.83.